The van der Waals surface area contributed by atoms with Gasteiger partial charge in [-0.2, -0.15) is 0 Å². The molecule has 0 aliphatic heterocycles. The minimum atomic E-state index is -1.14. The Morgan fingerprint density at radius 1 is 1.00 bits per heavy atom. The van der Waals surface area contributed by atoms with Gasteiger partial charge in [-0.25, -0.2) is 4.39 Å². The Labute approximate surface area is 101 Å². The second-order valence-corrected chi connectivity index (χ2v) is 6.94. The molecule has 0 aliphatic carbocycles. The van der Waals surface area contributed by atoms with Gasteiger partial charge >= 0.3 is 0 Å². The Balaban J connectivity index is 4.16. The van der Waals surface area contributed by atoms with Gasteiger partial charge in [-0.15, -0.1) is 0 Å². The third-order valence-corrected chi connectivity index (χ3v) is 3.34. The number of hydrogen-bond donors (Lipinski definition) is 0. The van der Waals surface area contributed by atoms with E-state index in [1.54, 1.807) is 13.8 Å². The third-order valence-electron chi connectivity index (χ3n) is 3.34. The van der Waals surface area contributed by atoms with Gasteiger partial charge in [0, 0.05) is 0 Å². The van der Waals surface area contributed by atoms with Crippen LogP contribution in [0.3, 0.4) is 0 Å². The third kappa shape index (κ3) is 5.83. The summed E-state index contributed by atoms with van der Waals surface area (Å²) in [6.45, 7) is 15.5. The smallest absolute Gasteiger partial charge is 0.110 e. The predicted octanol–water partition coefficient (Wildman–Crippen LogP) is 4.74. The zero-order chi connectivity index (χ0) is 13.2. The number of rotatable bonds is 5. The number of alkyl halides is 1. The highest BCUT2D eigenvalue weighted by Gasteiger charge is 2.37. The van der Waals surface area contributed by atoms with Gasteiger partial charge in [-0.3, -0.25) is 0 Å². The Kier molecular flexibility index (Phi) is 5.00. The summed E-state index contributed by atoms with van der Waals surface area (Å²) in [6, 6.07) is 0. The van der Waals surface area contributed by atoms with E-state index in [0.29, 0.717) is 0 Å². The molecular formula is C14H29FO. The van der Waals surface area contributed by atoms with Crippen LogP contribution < -0.4 is 0 Å². The minimum Gasteiger partial charge on any atom is -0.373 e. The van der Waals surface area contributed by atoms with E-state index in [-0.39, 0.29) is 17.1 Å². The van der Waals surface area contributed by atoms with Crippen LogP contribution in [0.4, 0.5) is 4.39 Å². The van der Waals surface area contributed by atoms with Crippen LogP contribution in [0.1, 0.15) is 68.2 Å². The molecular weight excluding hydrogens is 203 g/mol. The molecule has 16 heavy (non-hydrogen) atoms. The van der Waals surface area contributed by atoms with E-state index in [1.807, 2.05) is 34.6 Å². The molecule has 0 fully saturated rings. The van der Waals surface area contributed by atoms with Crippen molar-refractivity contribution in [1.29, 1.82) is 0 Å². The largest absolute Gasteiger partial charge is 0.373 e. The van der Waals surface area contributed by atoms with Gasteiger partial charge in [-0.1, -0.05) is 13.8 Å². The summed E-state index contributed by atoms with van der Waals surface area (Å²) in [5, 5.41) is 0. The van der Waals surface area contributed by atoms with E-state index in [1.165, 1.54) is 0 Å². The van der Waals surface area contributed by atoms with Crippen LogP contribution in [0.2, 0.25) is 0 Å². The summed E-state index contributed by atoms with van der Waals surface area (Å²) >= 11 is 0. The second kappa shape index (κ2) is 5.03. The van der Waals surface area contributed by atoms with Crippen molar-refractivity contribution < 1.29 is 9.13 Å². The molecule has 1 unspecified atom stereocenters. The van der Waals surface area contributed by atoms with Gasteiger partial charge in [0.2, 0.25) is 0 Å². The van der Waals surface area contributed by atoms with Crippen molar-refractivity contribution in [3.05, 3.63) is 0 Å². The molecule has 0 saturated carbocycles. The fourth-order valence-corrected chi connectivity index (χ4v) is 1.52. The number of hydrogen-bond acceptors (Lipinski definition) is 1. The molecule has 1 nitrogen and oxygen atoms in total. The molecule has 0 aromatic rings. The Bertz CT molecular complexity index is 208. The molecule has 0 heterocycles. The average Bonchev–Trinajstić information content (AvgIpc) is 1.95. The lowest BCUT2D eigenvalue weighted by Crippen LogP contribution is -2.36. The highest BCUT2D eigenvalue weighted by atomic mass is 19.1. The molecule has 0 N–H and O–H groups in total. The van der Waals surface area contributed by atoms with E-state index >= 15 is 0 Å². The summed E-state index contributed by atoms with van der Waals surface area (Å²) < 4.78 is 19.7. The van der Waals surface area contributed by atoms with Crippen molar-refractivity contribution in [3.63, 3.8) is 0 Å². The van der Waals surface area contributed by atoms with Crippen molar-refractivity contribution in [2.24, 2.45) is 5.41 Å². The molecule has 98 valence electrons. The lowest BCUT2D eigenvalue weighted by atomic mass is 9.75. The maximum Gasteiger partial charge on any atom is 0.110 e. The highest BCUT2D eigenvalue weighted by Crippen LogP contribution is 2.38. The summed E-state index contributed by atoms with van der Waals surface area (Å²) in [5.41, 5.74) is -1.56. The summed E-state index contributed by atoms with van der Waals surface area (Å²) in [5.74, 6) is 0. The molecule has 2 heteroatoms. The lowest BCUT2D eigenvalue weighted by Gasteiger charge is -2.36. The zero-order valence-electron chi connectivity index (χ0n) is 12.3. The van der Waals surface area contributed by atoms with Crippen LogP contribution >= 0.6 is 0 Å². The average molecular weight is 232 g/mol. The standard InChI is InChI=1S/C14H29FO/c1-11(16-12(2,3)4)9-10-13(5,6)14(7,8)15/h11H,9-10H2,1-8H3. The fourth-order valence-electron chi connectivity index (χ4n) is 1.52. The zero-order valence-corrected chi connectivity index (χ0v) is 12.3. The maximum atomic E-state index is 13.9. The fraction of sp³-hybridized carbons (Fsp3) is 1.00. The van der Waals surface area contributed by atoms with E-state index in [2.05, 4.69) is 6.92 Å². The Hall–Kier alpha value is -0.110. The molecule has 0 aromatic heterocycles. The minimum absolute atomic E-state index is 0.116. The topological polar surface area (TPSA) is 9.23 Å². The summed E-state index contributed by atoms with van der Waals surface area (Å²) in [4.78, 5) is 0. The summed E-state index contributed by atoms with van der Waals surface area (Å²) in [7, 11) is 0. The van der Waals surface area contributed by atoms with Crippen LogP contribution in [0, 0.1) is 5.41 Å². The molecule has 1 atom stereocenters. The van der Waals surface area contributed by atoms with Gasteiger partial charge in [-0.05, 0) is 59.8 Å². The Morgan fingerprint density at radius 2 is 1.44 bits per heavy atom. The van der Waals surface area contributed by atoms with Gasteiger partial charge in [0.25, 0.3) is 0 Å². The van der Waals surface area contributed by atoms with Crippen LogP contribution in [0.25, 0.3) is 0 Å². The van der Waals surface area contributed by atoms with Crippen molar-refractivity contribution in [1.82, 2.24) is 0 Å². The van der Waals surface area contributed by atoms with Gasteiger partial charge in [0.05, 0.1) is 11.7 Å². The second-order valence-electron chi connectivity index (χ2n) is 6.94. The molecule has 0 amide bonds. The molecule has 0 aromatic carbocycles. The van der Waals surface area contributed by atoms with Gasteiger partial charge in [0.1, 0.15) is 5.67 Å². The van der Waals surface area contributed by atoms with Crippen LogP contribution in [0.5, 0.6) is 0 Å². The number of ether oxygens (including phenoxy) is 1. The lowest BCUT2D eigenvalue weighted by molar-refractivity contribution is -0.0634. The van der Waals surface area contributed by atoms with Crippen molar-refractivity contribution >= 4 is 0 Å². The first-order valence-electron chi connectivity index (χ1n) is 6.22. The van der Waals surface area contributed by atoms with Crippen LogP contribution in [0.15, 0.2) is 0 Å². The molecule has 0 aliphatic rings. The summed E-state index contributed by atoms with van der Waals surface area (Å²) in [6.07, 6.45) is 1.92. The first-order valence-corrected chi connectivity index (χ1v) is 6.22. The van der Waals surface area contributed by atoms with Crippen molar-refractivity contribution in [2.45, 2.75) is 85.6 Å². The molecule has 0 spiro atoms. The Morgan fingerprint density at radius 3 is 1.75 bits per heavy atom. The van der Waals surface area contributed by atoms with Crippen LogP contribution in [-0.4, -0.2) is 17.4 Å². The predicted molar refractivity (Wildman–Crippen MR) is 68.5 cm³/mol. The molecule has 0 rings (SSSR count). The van der Waals surface area contributed by atoms with E-state index in [4.69, 9.17) is 4.74 Å². The highest BCUT2D eigenvalue weighted by molar-refractivity contribution is 4.86. The molecule has 0 bridgehead atoms. The van der Waals surface area contributed by atoms with Crippen molar-refractivity contribution in [3.8, 4) is 0 Å². The molecule has 0 saturated heterocycles. The maximum absolute atomic E-state index is 13.9. The number of halogens is 1. The first-order chi connectivity index (χ1) is 6.85. The van der Waals surface area contributed by atoms with E-state index in [9.17, 15) is 4.39 Å². The van der Waals surface area contributed by atoms with Gasteiger partial charge in [0.15, 0.2) is 0 Å². The normalized spacial score (nSPS) is 16.3. The monoisotopic (exact) mass is 232 g/mol. The van der Waals surface area contributed by atoms with Gasteiger partial charge < -0.3 is 4.74 Å². The quantitative estimate of drug-likeness (QED) is 0.665. The SMILES string of the molecule is CC(CCC(C)(C)C(C)(C)F)OC(C)(C)C. The van der Waals surface area contributed by atoms with Crippen LogP contribution in [-0.2, 0) is 4.74 Å². The van der Waals surface area contributed by atoms with E-state index < -0.39 is 5.67 Å². The molecule has 0 radical (unpaired) electrons. The van der Waals surface area contributed by atoms with Crippen molar-refractivity contribution in [2.75, 3.05) is 0 Å². The first kappa shape index (κ1) is 15.9. The van der Waals surface area contributed by atoms with E-state index in [0.717, 1.165) is 12.8 Å².